The first-order valence-electron chi connectivity index (χ1n) is 8.50. The molecule has 1 aromatic carbocycles. The van der Waals surface area contributed by atoms with Gasteiger partial charge in [0.15, 0.2) is 0 Å². The Labute approximate surface area is 147 Å². The van der Waals surface area contributed by atoms with Crippen molar-refractivity contribution in [2.75, 3.05) is 51.8 Å². The molecular weight excluding hydrogens is 324 g/mol. The monoisotopic (exact) mass is 348 g/mol. The van der Waals surface area contributed by atoms with Crippen molar-refractivity contribution in [3.63, 3.8) is 0 Å². The Morgan fingerprint density at radius 2 is 2.16 bits per heavy atom. The van der Waals surface area contributed by atoms with Gasteiger partial charge in [0.2, 0.25) is 0 Å². The molecule has 8 nitrogen and oxygen atoms in total. The highest BCUT2D eigenvalue weighted by Gasteiger charge is 2.36. The van der Waals surface area contributed by atoms with Gasteiger partial charge in [-0.3, -0.25) is 0 Å². The number of hydrogen-bond donors (Lipinski definition) is 2. The second kappa shape index (κ2) is 8.06. The van der Waals surface area contributed by atoms with Gasteiger partial charge in [-0.25, -0.2) is 9.59 Å². The molecule has 1 atom stereocenters. The topological polar surface area (TPSA) is 83.1 Å². The molecule has 2 saturated heterocycles. The molecule has 2 heterocycles. The van der Waals surface area contributed by atoms with Crippen LogP contribution >= 0.6 is 0 Å². The molecule has 0 saturated carbocycles. The first-order chi connectivity index (χ1) is 12.2. The van der Waals surface area contributed by atoms with Gasteiger partial charge < -0.3 is 29.9 Å². The van der Waals surface area contributed by atoms with Crippen LogP contribution in [0, 0.1) is 0 Å². The maximum Gasteiger partial charge on any atom is 0.322 e. The van der Waals surface area contributed by atoms with Gasteiger partial charge in [-0.15, -0.1) is 0 Å². The highest BCUT2D eigenvalue weighted by Crippen LogP contribution is 2.25. The number of nitrogens with zero attached hydrogens (tertiary/aromatic N) is 2. The highest BCUT2D eigenvalue weighted by molar-refractivity contribution is 5.91. The van der Waals surface area contributed by atoms with Crippen LogP contribution in [-0.4, -0.2) is 74.4 Å². The molecule has 136 valence electrons. The molecule has 2 N–H and O–H groups in total. The molecule has 2 aliphatic rings. The Morgan fingerprint density at radius 1 is 1.32 bits per heavy atom. The average molecular weight is 348 g/mol. The highest BCUT2D eigenvalue weighted by atomic mass is 16.5. The van der Waals surface area contributed by atoms with Crippen LogP contribution in [0.4, 0.5) is 15.3 Å². The van der Waals surface area contributed by atoms with E-state index in [9.17, 15) is 9.59 Å². The number of fused-ring (bicyclic) bond motifs is 1. The standard InChI is InChI=1S/C17H24N4O4/c1-24-9-4-10-25-15-6-3-2-5-14(15)19-17(23)20-7-8-21-13(12-20)11-18-16(21)22/h2-3,5-6,13H,4,7-12H2,1H3,(H,18,22)(H,19,23)/t13-/m1/s1. The van der Waals surface area contributed by atoms with E-state index in [1.807, 2.05) is 24.3 Å². The van der Waals surface area contributed by atoms with E-state index in [4.69, 9.17) is 9.47 Å². The number of nitrogens with one attached hydrogen (secondary N) is 2. The minimum atomic E-state index is -0.174. The molecule has 3 rings (SSSR count). The van der Waals surface area contributed by atoms with Gasteiger partial charge in [-0.05, 0) is 12.1 Å². The van der Waals surface area contributed by atoms with Gasteiger partial charge in [0.1, 0.15) is 5.75 Å². The lowest BCUT2D eigenvalue weighted by molar-refractivity contribution is 0.136. The Hall–Kier alpha value is -2.48. The van der Waals surface area contributed by atoms with E-state index in [2.05, 4.69) is 10.6 Å². The fraction of sp³-hybridized carbons (Fsp3) is 0.529. The number of carbonyl (C=O) groups is 2. The van der Waals surface area contributed by atoms with E-state index in [1.54, 1.807) is 16.9 Å². The second-order valence-corrected chi connectivity index (χ2v) is 6.10. The maximum atomic E-state index is 12.6. The van der Waals surface area contributed by atoms with E-state index < -0.39 is 0 Å². The van der Waals surface area contributed by atoms with E-state index in [-0.39, 0.29) is 18.1 Å². The molecule has 0 aliphatic carbocycles. The number of methoxy groups -OCH3 is 1. The largest absolute Gasteiger partial charge is 0.491 e. The van der Waals surface area contributed by atoms with Crippen LogP contribution < -0.4 is 15.4 Å². The van der Waals surface area contributed by atoms with Gasteiger partial charge >= 0.3 is 12.1 Å². The SMILES string of the molecule is COCCCOc1ccccc1NC(=O)N1CCN2C(=O)NC[C@@H]2C1. The van der Waals surface area contributed by atoms with E-state index in [1.165, 1.54) is 0 Å². The summed E-state index contributed by atoms with van der Waals surface area (Å²) in [5, 5.41) is 5.73. The molecule has 4 amide bonds. The van der Waals surface area contributed by atoms with Crippen molar-refractivity contribution in [1.29, 1.82) is 0 Å². The maximum absolute atomic E-state index is 12.6. The Morgan fingerprint density at radius 3 is 3.00 bits per heavy atom. The van der Waals surface area contributed by atoms with Crippen molar-refractivity contribution in [1.82, 2.24) is 15.1 Å². The third kappa shape index (κ3) is 4.14. The summed E-state index contributed by atoms with van der Waals surface area (Å²) in [6.07, 6.45) is 0.781. The molecule has 0 bridgehead atoms. The number of amides is 4. The molecule has 0 radical (unpaired) electrons. The lowest BCUT2D eigenvalue weighted by Gasteiger charge is -2.36. The van der Waals surface area contributed by atoms with Crippen LogP contribution in [0.1, 0.15) is 6.42 Å². The van der Waals surface area contributed by atoms with E-state index in [0.29, 0.717) is 50.8 Å². The summed E-state index contributed by atoms with van der Waals surface area (Å²) in [7, 11) is 1.65. The zero-order valence-corrected chi connectivity index (χ0v) is 14.4. The first kappa shape index (κ1) is 17.3. The van der Waals surface area contributed by atoms with Crippen LogP contribution in [0.5, 0.6) is 5.75 Å². The van der Waals surface area contributed by atoms with Crippen molar-refractivity contribution in [2.45, 2.75) is 12.5 Å². The van der Waals surface area contributed by atoms with Gasteiger partial charge in [0, 0.05) is 46.3 Å². The predicted molar refractivity (Wildman–Crippen MR) is 92.9 cm³/mol. The smallest absolute Gasteiger partial charge is 0.322 e. The summed E-state index contributed by atoms with van der Waals surface area (Å²) in [5.74, 6) is 0.642. The zero-order chi connectivity index (χ0) is 17.6. The number of carbonyl (C=O) groups excluding carboxylic acids is 2. The van der Waals surface area contributed by atoms with Gasteiger partial charge in [-0.1, -0.05) is 12.1 Å². The molecule has 0 spiro atoms. The Balaban J connectivity index is 1.57. The second-order valence-electron chi connectivity index (χ2n) is 6.10. The van der Waals surface area contributed by atoms with Crippen molar-refractivity contribution in [3.8, 4) is 5.75 Å². The van der Waals surface area contributed by atoms with E-state index in [0.717, 1.165) is 6.42 Å². The van der Waals surface area contributed by atoms with Crippen LogP contribution in [0.25, 0.3) is 0 Å². The summed E-state index contributed by atoms with van der Waals surface area (Å²) < 4.78 is 10.7. The first-order valence-corrected chi connectivity index (χ1v) is 8.50. The Kier molecular flexibility index (Phi) is 5.60. The van der Waals surface area contributed by atoms with Crippen molar-refractivity contribution >= 4 is 17.7 Å². The van der Waals surface area contributed by atoms with Crippen LogP contribution in [0.2, 0.25) is 0 Å². The Bertz CT molecular complexity index is 624. The van der Waals surface area contributed by atoms with Crippen LogP contribution in [0.15, 0.2) is 24.3 Å². The normalized spacial score (nSPS) is 19.4. The minimum absolute atomic E-state index is 0.0418. The average Bonchev–Trinajstić information content (AvgIpc) is 3.00. The van der Waals surface area contributed by atoms with Gasteiger partial charge in [-0.2, -0.15) is 0 Å². The van der Waals surface area contributed by atoms with Crippen LogP contribution in [-0.2, 0) is 4.74 Å². The number of piperazine rings is 1. The summed E-state index contributed by atoms with van der Waals surface area (Å²) >= 11 is 0. The summed E-state index contributed by atoms with van der Waals surface area (Å²) in [6.45, 7) is 3.34. The molecule has 1 aromatic rings. The van der Waals surface area contributed by atoms with Gasteiger partial charge in [0.25, 0.3) is 0 Å². The van der Waals surface area contributed by atoms with Crippen molar-refractivity contribution in [2.24, 2.45) is 0 Å². The number of rotatable bonds is 6. The lowest BCUT2D eigenvalue weighted by Crippen LogP contribution is -2.54. The molecule has 2 aliphatic heterocycles. The molecule has 0 aromatic heterocycles. The fourth-order valence-corrected chi connectivity index (χ4v) is 3.06. The lowest BCUT2D eigenvalue weighted by atomic mass is 10.2. The third-order valence-corrected chi connectivity index (χ3v) is 4.40. The van der Waals surface area contributed by atoms with Gasteiger partial charge in [0.05, 0.1) is 18.3 Å². The third-order valence-electron chi connectivity index (χ3n) is 4.40. The minimum Gasteiger partial charge on any atom is -0.491 e. The summed E-state index contributed by atoms with van der Waals surface area (Å²) in [5.41, 5.74) is 0.646. The predicted octanol–water partition coefficient (Wildman–Crippen LogP) is 1.34. The molecule has 25 heavy (non-hydrogen) atoms. The van der Waals surface area contributed by atoms with E-state index >= 15 is 0 Å². The fourth-order valence-electron chi connectivity index (χ4n) is 3.06. The molecular formula is C17H24N4O4. The number of hydrogen-bond acceptors (Lipinski definition) is 4. The number of urea groups is 2. The quantitative estimate of drug-likeness (QED) is 0.760. The summed E-state index contributed by atoms with van der Waals surface area (Å²) in [6, 6.07) is 7.21. The number of anilines is 1. The van der Waals surface area contributed by atoms with Crippen molar-refractivity contribution in [3.05, 3.63) is 24.3 Å². The van der Waals surface area contributed by atoms with Crippen molar-refractivity contribution < 1.29 is 19.1 Å². The summed E-state index contributed by atoms with van der Waals surface area (Å²) in [4.78, 5) is 27.7. The number of benzene rings is 1. The number of para-hydroxylation sites is 2. The van der Waals surface area contributed by atoms with Crippen LogP contribution in [0.3, 0.4) is 0 Å². The molecule has 0 unspecified atom stereocenters. The number of ether oxygens (including phenoxy) is 2. The zero-order valence-electron chi connectivity index (χ0n) is 14.4. The molecule has 8 heteroatoms. The molecule has 2 fully saturated rings.